The van der Waals surface area contributed by atoms with Crippen molar-refractivity contribution in [2.24, 2.45) is 0 Å². The van der Waals surface area contributed by atoms with E-state index in [1.165, 1.54) is 5.56 Å². The molecule has 1 atom stereocenters. The van der Waals surface area contributed by atoms with Crippen LogP contribution >= 0.6 is 0 Å². The number of aryl methyl sites for hydroxylation is 1. The van der Waals surface area contributed by atoms with Gasteiger partial charge in [0.15, 0.2) is 5.60 Å². The van der Waals surface area contributed by atoms with Crippen molar-refractivity contribution in [3.8, 4) is 11.5 Å². The van der Waals surface area contributed by atoms with Crippen molar-refractivity contribution in [3.63, 3.8) is 0 Å². The second-order valence-corrected chi connectivity index (χ2v) is 8.14. The van der Waals surface area contributed by atoms with E-state index in [1.54, 1.807) is 12.1 Å². The Balaban J connectivity index is 1.65. The molecule has 2 aliphatic heterocycles. The van der Waals surface area contributed by atoms with Crippen molar-refractivity contribution >= 4 is 23.0 Å². The lowest BCUT2D eigenvalue weighted by atomic mass is 9.76. The molecule has 2 aliphatic rings. The van der Waals surface area contributed by atoms with Crippen molar-refractivity contribution < 1.29 is 14.3 Å². The van der Waals surface area contributed by atoms with Gasteiger partial charge < -0.3 is 20.5 Å². The lowest BCUT2D eigenvalue weighted by Crippen LogP contribution is -2.34. The zero-order chi connectivity index (χ0) is 21.9. The smallest absolute Gasteiger partial charge is 0.340 e. The first-order chi connectivity index (χ1) is 15.6. The van der Waals surface area contributed by atoms with E-state index in [4.69, 9.17) is 15.2 Å². The molecular weight excluding hydrogens is 400 g/mol. The molecule has 156 valence electrons. The number of carbonyl (C=O) groups excluding carboxylic acids is 1. The lowest BCUT2D eigenvalue weighted by molar-refractivity contribution is 0.0227. The summed E-state index contributed by atoms with van der Waals surface area (Å²) in [5.74, 6) is 0.875. The maximum Gasteiger partial charge on any atom is 0.340 e. The third-order valence-electron chi connectivity index (χ3n) is 6.08. The second-order valence-electron chi connectivity index (χ2n) is 8.14. The van der Waals surface area contributed by atoms with Crippen molar-refractivity contribution in [2.45, 2.75) is 12.5 Å². The van der Waals surface area contributed by atoms with Crippen LogP contribution in [0, 0.1) is 6.92 Å². The standard InChI is InChI=1S/C27H20N2O3/c1-16-9-12-18(13-10-16)29-22-7-4-8-24-25(22)27(21-15-17(28)11-14-23(21)31-24)20-6-3-2-5-19(20)26(30)32-27/h2-15,29H,28H2,1H3. The maximum absolute atomic E-state index is 13.0. The quantitative estimate of drug-likeness (QED) is 0.312. The number of rotatable bonds is 2. The van der Waals surface area contributed by atoms with Crippen LogP contribution in [0.15, 0.2) is 84.9 Å². The van der Waals surface area contributed by atoms with Crippen molar-refractivity contribution in [1.29, 1.82) is 0 Å². The van der Waals surface area contributed by atoms with Gasteiger partial charge in [0, 0.05) is 22.5 Å². The number of nitrogens with two attached hydrogens (primary N) is 1. The van der Waals surface area contributed by atoms with Crippen molar-refractivity contribution in [2.75, 3.05) is 11.1 Å². The second kappa shape index (κ2) is 6.62. The van der Waals surface area contributed by atoms with Crippen LogP contribution in [0.2, 0.25) is 0 Å². The zero-order valence-corrected chi connectivity index (χ0v) is 17.4. The van der Waals surface area contributed by atoms with Crippen LogP contribution in [0.25, 0.3) is 0 Å². The Morgan fingerprint density at radius 1 is 0.844 bits per heavy atom. The fraction of sp³-hybridized carbons (Fsp3) is 0.0741. The fourth-order valence-electron chi connectivity index (χ4n) is 4.64. The van der Waals surface area contributed by atoms with Crippen LogP contribution in [0.3, 0.4) is 0 Å². The first-order valence-electron chi connectivity index (χ1n) is 10.4. The third-order valence-corrected chi connectivity index (χ3v) is 6.08. The van der Waals surface area contributed by atoms with E-state index in [9.17, 15) is 4.79 Å². The van der Waals surface area contributed by atoms with E-state index in [2.05, 4.69) is 5.32 Å². The Hall–Kier alpha value is -4.25. The van der Waals surface area contributed by atoms with Gasteiger partial charge in [-0.05, 0) is 55.5 Å². The van der Waals surface area contributed by atoms with Gasteiger partial charge in [-0.3, -0.25) is 0 Å². The third kappa shape index (κ3) is 2.54. The molecule has 1 spiro atoms. The lowest BCUT2D eigenvalue weighted by Gasteiger charge is -2.38. The van der Waals surface area contributed by atoms with Crippen molar-refractivity contribution in [3.05, 3.63) is 113 Å². The first kappa shape index (κ1) is 18.5. The van der Waals surface area contributed by atoms with E-state index in [-0.39, 0.29) is 5.97 Å². The van der Waals surface area contributed by atoms with Gasteiger partial charge in [0.05, 0.1) is 16.8 Å². The maximum atomic E-state index is 13.0. The Morgan fingerprint density at radius 2 is 1.66 bits per heavy atom. The Labute approximate surface area is 185 Å². The topological polar surface area (TPSA) is 73.6 Å². The summed E-state index contributed by atoms with van der Waals surface area (Å²) in [6, 6.07) is 26.8. The molecule has 6 rings (SSSR count). The van der Waals surface area contributed by atoms with Gasteiger partial charge >= 0.3 is 5.97 Å². The molecule has 1 unspecified atom stereocenters. The molecule has 32 heavy (non-hydrogen) atoms. The highest BCUT2D eigenvalue weighted by molar-refractivity contribution is 5.97. The summed E-state index contributed by atoms with van der Waals surface area (Å²) in [6.45, 7) is 2.05. The minimum atomic E-state index is -1.17. The molecule has 0 saturated heterocycles. The molecule has 3 N–H and O–H groups in total. The van der Waals surface area contributed by atoms with Crippen LogP contribution < -0.4 is 15.8 Å². The number of nitrogen functional groups attached to an aromatic ring is 1. The minimum absolute atomic E-state index is 0.369. The van der Waals surface area contributed by atoms with E-state index < -0.39 is 5.60 Å². The Morgan fingerprint density at radius 3 is 2.50 bits per heavy atom. The normalized spacial score (nSPS) is 17.7. The summed E-state index contributed by atoms with van der Waals surface area (Å²) >= 11 is 0. The molecule has 0 aromatic heterocycles. The number of fused-ring (bicyclic) bond motifs is 6. The van der Waals surface area contributed by atoms with Crippen molar-refractivity contribution in [1.82, 2.24) is 0 Å². The fourth-order valence-corrected chi connectivity index (χ4v) is 4.64. The summed E-state index contributed by atoms with van der Waals surface area (Å²) in [7, 11) is 0. The highest BCUT2D eigenvalue weighted by Gasteiger charge is 2.54. The number of hydrogen-bond donors (Lipinski definition) is 2. The average molecular weight is 420 g/mol. The van der Waals surface area contributed by atoms with E-state index in [1.807, 2.05) is 79.7 Å². The average Bonchev–Trinajstić information content (AvgIpc) is 3.09. The molecule has 4 aromatic rings. The molecule has 5 nitrogen and oxygen atoms in total. The molecular formula is C27H20N2O3. The molecule has 0 saturated carbocycles. The number of nitrogens with one attached hydrogen (secondary N) is 1. The van der Waals surface area contributed by atoms with Gasteiger partial charge in [-0.15, -0.1) is 0 Å². The molecule has 4 aromatic carbocycles. The van der Waals surface area contributed by atoms with Gasteiger partial charge in [0.25, 0.3) is 0 Å². The largest absolute Gasteiger partial charge is 0.456 e. The highest BCUT2D eigenvalue weighted by atomic mass is 16.6. The monoisotopic (exact) mass is 420 g/mol. The number of benzene rings is 4. The van der Waals surface area contributed by atoms with Gasteiger partial charge in [-0.2, -0.15) is 0 Å². The predicted octanol–water partition coefficient (Wildman–Crippen LogP) is 5.89. The Bertz CT molecular complexity index is 1390. The number of esters is 1. The van der Waals surface area contributed by atoms with E-state index in [0.717, 1.165) is 22.5 Å². The van der Waals surface area contributed by atoms with Gasteiger partial charge in [0.1, 0.15) is 11.5 Å². The molecule has 0 amide bonds. The molecule has 0 radical (unpaired) electrons. The molecule has 0 bridgehead atoms. The van der Waals surface area contributed by atoms with E-state index >= 15 is 0 Å². The van der Waals surface area contributed by atoms with Gasteiger partial charge in [0.2, 0.25) is 0 Å². The summed E-state index contributed by atoms with van der Waals surface area (Å²) in [5.41, 5.74) is 11.2. The molecule has 5 heteroatoms. The number of ether oxygens (including phenoxy) is 2. The van der Waals surface area contributed by atoms with E-state index in [0.29, 0.717) is 28.3 Å². The number of carbonyl (C=O) groups is 1. The van der Waals surface area contributed by atoms with Gasteiger partial charge in [-0.25, -0.2) is 4.79 Å². The molecule has 0 fully saturated rings. The highest BCUT2D eigenvalue weighted by Crippen LogP contribution is 2.58. The molecule has 2 heterocycles. The predicted molar refractivity (Wildman–Crippen MR) is 124 cm³/mol. The Kier molecular flexibility index (Phi) is 3.83. The first-order valence-corrected chi connectivity index (χ1v) is 10.4. The van der Waals surface area contributed by atoms with Gasteiger partial charge in [-0.1, -0.05) is 42.0 Å². The number of hydrogen-bond acceptors (Lipinski definition) is 5. The van der Waals surface area contributed by atoms with Crippen LogP contribution in [-0.4, -0.2) is 5.97 Å². The van der Waals surface area contributed by atoms with Crippen LogP contribution in [0.5, 0.6) is 11.5 Å². The summed E-state index contributed by atoms with van der Waals surface area (Å²) in [5, 5.41) is 3.50. The minimum Gasteiger partial charge on any atom is -0.456 e. The number of anilines is 3. The SMILES string of the molecule is Cc1ccc(Nc2cccc3c2C2(OC(=O)c4ccccc42)c2cc(N)ccc2O3)cc1. The zero-order valence-electron chi connectivity index (χ0n) is 17.4. The van der Waals surface area contributed by atoms with Crippen LogP contribution in [0.4, 0.5) is 17.1 Å². The summed E-state index contributed by atoms with van der Waals surface area (Å²) < 4.78 is 12.5. The summed E-state index contributed by atoms with van der Waals surface area (Å²) in [6.07, 6.45) is 0. The molecule has 0 aliphatic carbocycles. The summed E-state index contributed by atoms with van der Waals surface area (Å²) in [4.78, 5) is 13.0. The van der Waals surface area contributed by atoms with Crippen LogP contribution in [-0.2, 0) is 10.3 Å². The van der Waals surface area contributed by atoms with Crippen LogP contribution in [0.1, 0.15) is 32.6 Å².